The molecule has 0 radical (unpaired) electrons. The molecule has 0 bridgehead atoms. The van der Waals surface area contributed by atoms with Gasteiger partial charge in [-0.15, -0.1) is 0 Å². The van der Waals surface area contributed by atoms with Gasteiger partial charge in [0.05, 0.1) is 11.6 Å². The molecule has 3 aliphatic rings. The highest BCUT2D eigenvalue weighted by atomic mass is 19.3. The fourth-order valence-corrected chi connectivity index (χ4v) is 6.27. The third-order valence-electron chi connectivity index (χ3n) is 8.66. The minimum absolute atomic E-state index is 0.0334. The summed E-state index contributed by atoms with van der Waals surface area (Å²) in [4.78, 5) is 44.6. The molecule has 1 aliphatic carbocycles. The van der Waals surface area contributed by atoms with Crippen molar-refractivity contribution in [3.05, 3.63) is 59.2 Å². The van der Waals surface area contributed by atoms with E-state index in [9.17, 15) is 27.2 Å². The Labute approximate surface area is 274 Å². The lowest BCUT2D eigenvalue weighted by atomic mass is 9.94. The predicted octanol–water partition coefficient (Wildman–Crippen LogP) is 5.02. The monoisotopic (exact) mass is 674 g/mol. The van der Waals surface area contributed by atoms with Gasteiger partial charge in [0.15, 0.2) is 0 Å². The number of anilines is 2. The molecular formula is C32H38F4N8O4. The van der Waals surface area contributed by atoms with Gasteiger partial charge in [-0.1, -0.05) is 5.16 Å². The number of hydrogen-bond donors (Lipinski definition) is 1. The van der Waals surface area contributed by atoms with Crippen molar-refractivity contribution in [3.63, 3.8) is 0 Å². The number of nitrogens with one attached hydrogen (secondary N) is 1. The Morgan fingerprint density at radius 3 is 2.25 bits per heavy atom. The van der Waals surface area contributed by atoms with Crippen LogP contribution in [0.5, 0.6) is 0 Å². The van der Waals surface area contributed by atoms with Crippen LogP contribution in [0.2, 0.25) is 0 Å². The summed E-state index contributed by atoms with van der Waals surface area (Å²) in [5.74, 6) is -5.65. The fourth-order valence-electron chi connectivity index (χ4n) is 6.27. The van der Waals surface area contributed by atoms with Crippen molar-refractivity contribution >= 4 is 24.0 Å². The van der Waals surface area contributed by atoms with Crippen LogP contribution in [0.1, 0.15) is 81.0 Å². The van der Waals surface area contributed by atoms with Crippen LogP contribution in [0.25, 0.3) is 0 Å². The van der Waals surface area contributed by atoms with Crippen molar-refractivity contribution in [2.75, 3.05) is 36.0 Å². The maximum Gasteiger partial charge on any atom is 0.407 e. The number of aromatic nitrogens is 4. The summed E-state index contributed by atoms with van der Waals surface area (Å²) in [5.41, 5.74) is -0.346. The van der Waals surface area contributed by atoms with Crippen LogP contribution in [0, 0.1) is 11.6 Å². The molecule has 2 atom stereocenters. The molecule has 0 spiro atoms. The van der Waals surface area contributed by atoms with Crippen LogP contribution >= 0.6 is 0 Å². The Morgan fingerprint density at radius 1 is 0.979 bits per heavy atom. The topological polar surface area (TPSA) is 130 Å². The number of amides is 2. The summed E-state index contributed by atoms with van der Waals surface area (Å²) < 4.78 is 66.7. The molecule has 16 heteroatoms. The van der Waals surface area contributed by atoms with Gasteiger partial charge in [-0.25, -0.2) is 23.5 Å². The number of nitrogens with zero attached hydrogens (tertiary/aromatic N) is 7. The highest BCUT2D eigenvalue weighted by Gasteiger charge is 2.41. The molecule has 3 fully saturated rings. The highest BCUT2D eigenvalue weighted by molar-refractivity contribution is 5.94. The molecule has 0 unspecified atom stereocenters. The number of halogens is 4. The van der Waals surface area contributed by atoms with Crippen LogP contribution in [0.3, 0.4) is 0 Å². The summed E-state index contributed by atoms with van der Waals surface area (Å²) in [6, 6.07) is 2.60. The third-order valence-corrected chi connectivity index (χ3v) is 8.66. The molecule has 1 aromatic carbocycles. The number of piperidine rings is 1. The lowest BCUT2D eigenvalue weighted by Crippen LogP contribution is -2.48. The maximum atomic E-state index is 14.9. The second-order valence-corrected chi connectivity index (χ2v) is 13.7. The normalized spacial score (nSPS) is 20.6. The maximum absolute atomic E-state index is 14.9. The first-order chi connectivity index (χ1) is 22.7. The zero-order chi connectivity index (χ0) is 34.4. The predicted molar refractivity (Wildman–Crippen MR) is 165 cm³/mol. The molecule has 2 amide bonds. The zero-order valence-electron chi connectivity index (χ0n) is 27.1. The quantitative estimate of drug-likeness (QED) is 0.325. The van der Waals surface area contributed by atoms with Crippen molar-refractivity contribution < 1.29 is 36.4 Å². The molecule has 2 saturated heterocycles. The molecule has 1 N–H and O–H groups in total. The van der Waals surface area contributed by atoms with Crippen LogP contribution in [0.15, 0.2) is 35.1 Å². The first kappa shape index (κ1) is 33.4. The molecule has 2 aliphatic heterocycles. The van der Waals surface area contributed by atoms with Gasteiger partial charge in [-0.3, -0.25) is 4.79 Å². The van der Waals surface area contributed by atoms with Crippen LogP contribution in [-0.4, -0.2) is 86.9 Å². The Hall–Kier alpha value is -4.50. The summed E-state index contributed by atoms with van der Waals surface area (Å²) in [5, 5.41) is 6.19. The molecule has 3 aromatic rings. The average Bonchev–Trinajstić information content (AvgIpc) is 3.55. The van der Waals surface area contributed by atoms with Gasteiger partial charge < -0.3 is 29.3 Å². The molecule has 258 valence electrons. The molecular weight excluding hydrogens is 636 g/mol. The number of carbonyl (C=O) groups is 2. The summed E-state index contributed by atoms with van der Waals surface area (Å²) in [6.07, 6.45) is 5.13. The Balaban J connectivity index is 1.14. The van der Waals surface area contributed by atoms with E-state index in [1.165, 1.54) is 12.4 Å². The van der Waals surface area contributed by atoms with Gasteiger partial charge in [0.1, 0.15) is 17.2 Å². The van der Waals surface area contributed by atoms with Gasteiger partial charge in [-0.05, 0) is 70.2 Å². The Kier molecular flexibility index (Phi) is 8.94. The second-order valence-electron chi connectivity index (χ2n) is 13.7. The van der Waals surface area contributed by atoms with Crippen LogP contribution in [-0.2, 0) is 10.7 Å². The average molecular weight is 675 g/mol. The van der Waals surface area contributed by atoms with E-state index in [1.807, 2.05) is 4.90 Å². The Bertz CT molecular complexity index is 1630. The van der Waals surface area contributed by atoms with E-state index in [0.717, 1.165) is 31.0 Å². The zero-order valence-corrected chi connectivity index (χ0v) is 27.1. The SMILES string of the molecule is CC(C)(C)OC(=O)N[C@H]1CN(c2ncc(C(=O)N(C3CC3)C3CCN(c4nc(C(C)(F)F)no4)CC3)cn2)C[C@@H]1c1cc(F)ccc1F. The number of alkyl carbamates (subject to hydrolysis) is 1. The van der Waals surface area contributed by atoms with Crippen molar-refractivity contribution in [1.82, 2.24) is 30.3 Å². The van der Waals surface area contributed by atoms with E-state index in [0.29, 0.717) is 38.4 Å². The summed E-state index contributed by atoms with van der Waals surface area (Å²) in [7, 11) is 0. The van der Waals surface area contributed by atoms with E-state index in [2.05, 4.69) is 25.4 Å². The van der Waals surface area contributed by atoms with Crippen LogP contribution in [0.4, 0.5) is 34.3 Å². The first-order valence-corrected chi connectivity index (χ1v) is 16.0. The minimum Gasteiger partial charge on any atom is -0.444 e. The van der Waals surface area contributed by atoms with Gasteiger partial charge in [0.25, 0.3) is 5.91 Å². The van der Waals surface area contributed by atoms with E-state index < -0.39 is 47.0 Å². The highest BCUT2D eigenvalue weighted by Crippen LogP contribution is 2.35. The number of hydrogen-bond acceptors (Lipinski definition) is 10. The Morgan fingerprint density at radius 2 is 1.65 bits per heavy atom. The standard InChI is InChI=1S/C32H38F4N8O4/c1-31(2,3)47-30(46)39-25-17-43(16-23(25)22-13-19(33)5-8-24(22)34)28-37-14-18(15-38-28)26(45)44(20-6-7-20)21-9-11-42(12-10-21)29-40-27(41-48-29)32(4,35)36/h5,8,13-15,20-21,23,25H,6-7,9-12,16-17H2,1-4H3,(H,39,46)/t23-,25+/m1/s1. The van der Waals surface area contributed by atoms with Crippen molar-refractivity contribution in [1.29, 1.82) is 0 Å². The van der Waals surface area contributed by atoms with E-state index in [4.69, 9.17) is 9.26 Å². The lowest BCUT2D eigenvalue weighted by molar-refractivity contribution is 0.00557. The van der Waals surface area contributed by atoms with Crippen LogP contribution < -0.4 is 15.1 Å². The molecule has 48 heavy (non-hydrogen) atoms. The summed E-state index contributed by atoms with van der Waals surface area (Å²) in [6.45, 7) is 7.16. The third kappa shape index (κ3) is 7.46. The molecule has 2 aromatic heterocycles. The lowest BCUT2D eigenvalue weighted by Gasteiger charge is -2.38. The number of carbonyl (C=O) groups excluding carboxylic acids is 2. The largest absolute Gasteiger partial charge is 0.444 e. The van der Waals surface area contributed by atoms with Gasteiger partial charge in [-0.2, -0.15) is 13.8 Å². The molecule has 4 heterocycles. The summed E-state index contributed by atoms with van der Waals surface area (Å²) >= 11 is 0. The van der Waals surface area contributed by atoms with Crippen molar-refractivity contribution in [3.8, 4) is 0 Å². The van der Waals surface area contributed by atoms with Crippen molar-refractivity contribution in [2.45, 2.75) is 88.9 Å². The number of ether oxygens (including phenoxy) is 1. The fraction of sp³-hybridized carbons (Fsp3) is 0.562. The molecule has 12 nitrogen and oxygen atoms in total. The van der Waals surface area contributed by atoms with Gasteiger partial charge in [0, 0.05) is 63.5 Å². The first-order valence-electron chi connectivity index (χ1n) is 16.0. The van der Waals surface area contributed by atoms with Gasteiger partial charge >= 0.3 is 18.0 Å². The number of benzene rings is 1. The smallest absolute Gasteiger partial charge is 0.407 e. The van der Waals surface area contributed by atoms with E-state index in [-0.39, 0.29) is 48.6 Å². The van der Waals surface area contributed by atoms with Gasteiger partial charge in [0.2, 0.25) is 11.8 Å². The number of rotatable bonds is 8. The second kappa shape index (κ2) is 12.8. The minimum atomic E-state index is -3.21. The van der Waals surface area contributed by atoms with E-state index >= 15 is 0 Å². The number of alkyl halides is 2. The van der Waals surface area contributed by atoms with E-state index in [1.54, 1.807) is 30.6 Å². The molecule has 1 saturated carbocycles. The molecule has 6 rings (SSSR count). The van der Waals surface area contributed by atoms with Crippen molar-refractivity contribution in [2.24, 2.45) is 0 Å².